The van der Waals surface area contributed by atoms with Crippen LogP contribution in [0, 0.1) is 18.3 Å². The fourth-order valence-electron chi connectivity index (χ4n) is 2.14. The van der Waals surface area contributed by atoms with E-state index in [1.54, 1.807) is 0 Å². The van der Waals surface area contributed by atoms with Crippen LogP contribution in [0.1, 0.15) is 20.3 Å². The predicted molar refractivity (Wildman–Crippen MR) is 54.0 cm³/mol. The monoisotopic (exact) mass is 182 g/mol. The molecule has 2 nitrogen and oxygen atoms in total. The number of terminal acetylenes is 1. The van der Waals surface area contributed by atoms with Gasteiger partial charge < -0.3 is 9.59 Å². The summed E-state index contributed by atoms with van der Waals surface area (Å²) in [5.74, 6) is 2.73. The van der Waals surface area contributed by atoms with Crippen molar-refractivity contribution in [1.82, 2.24) is 0 Å². The Labute approximate surface area is 81.1 Å². The molecule has 0 aromatic rings. The lowest BCUT2D eigenvalue weighted by Crippen LogP contribution is -2.61. The van der Waals surface area contributed by atoms with Crippen LogP contribution in [0.5, 0.6) is 0 Å². The maximum atomic E-state index is 10.1. The average Bonchev–Trinajstić information content (AvgIpc) is 2.01. The zero-order chi connectivity index (χ0) is 10.3. The molecule has 0 aromatic carbocycles. The molecule has 1 heterocycles. The van der Waals surface area contributed by atoms with Crippen molar-refractivity contribution in [3.63, 3.8) is 0 Å². The molecule has 0 saturated carbocycles. The molecule has 1 N–H and O–H groups in total. The summed E-state index contributed by atoms with van der Waals surface area (Å²) in [5.41, 5.74) is -0.882. The molecular formula is C11H20NO+. The Bertz CT molecular complexity index is 241. The van der Waals surface area contributed by atoms with E-state index >= 15 is 0 Å². The first-order valence-corrected chi connectivity index (χ1v) is 4.84. The fraction of sp³-hybridized carbons (Fsp3) is 0.818. The lowest BCUT2D eigenvalue weighted by molar-refractivity contribution is -0.923. The number of quaternary nitrogens is 1. The molecule has 1 saturated heterocycles. The summed E-state index contributed by atoms with van der Waals surface area (Å²) in [6, 6.07) is 0.428. The van der Waals surface area contributed by atoms with Crippen molar-refractivity contribution in [2.45, 2.75) is 31.9 Å². The maximum absolute atomic E-state index is 10.1. The first-order valence-electron chi connectivity index (χ1n) is 4.84. The number of nitrogens with zero attached hydrogens (tertiary/aromatic N) is 1. The van der Waals surface area contributed by atoms with Crippen LogP contribution < -0.4 is 0 Å². The van der Waals surface area contributed by atoms with Gasteiger partial charge in [0.2, 0.25) is 0 Å². The van der Waals surface area contributed by atoms with Crippen LogP contribution in [0.4, 0.5) is 0 Å². The highest BCUT2D eigenvalue weighted by Crippen LogP contribution is 2.33. The van der Waals surface area contributed by atoms with Gasteiger partial charge in [0.1, 0.15) is 5.60 Å². The second-order valence-electron chi connectivity index (χ2n) is 4.98. The summed E-state index contributed by atoms with van der Waals surface area (Å²) >= 11 is 0. The van der Waals surface area contributed by atoms with Gasteiger partial charge >= 0.3 is 0 Å². The molecule has 0 amide bonds. The van der Waals surface area contributed by atoms with Crippen molar-refractivity contribution in [3.05, 3.63) is 0 Å². The van der Waals surface area contributed by atoms with Gasteiger partial charge in [-0.1, -0.05) is 12.8 Å². The molecule has 1 aliphatic heterocycles. The second-order valence-corrected chi connectivity index (χ2v) is 4.98. The van der Waals surface area contributed by atoms with E-state index in [1.165, 1.54) is 0 Å². The lowest BCUT2D eigenvalue weighted by Gasteiger charge is -2.48. The third-order valence-electron chi connectivity index (χ3n) is 3.61. The Morgan fingerprint density at radius 1 is 1.46 bits per heavy atom. The second kappa shape index (κ2) is 3.01. The van der Waals surface area contributed by atoms with Gasteiger partial charge in [0.25, 0.3) is 0 Å². The van der Waals surface area contributed by atoms with Crippen molar-refractivity contribution < 1.29 is 9.59 Å². The van der Waals surface area contributed by atoms with E-state index in [2.05, 4.69) is 26.9 Å². The van der Waals surface area contributed by atoms with E-state index in [0.717, 1.165) is 11.0 Å². The Hall–Kier alpha value is -0.520. The van der Waals surface area contributed by atoms with Crippen LogP contribution in [-0.4, -0.2) is 41.9 Å². The average molecular weight is 182 g/mol. The van der Waals surface area contributed by atoms with Gasteiger partial charge in [0.05, 0.1) is 26.7 Å². The molecule has 0 aromatic heterocycles. The highest BCUT2D eigenvalue weighted by atomic mass is 16.3. The van der Waals surface area contributed by atoms with E-state index in [1.807, 2.05) is 6.92 Å². The predicted octanol–water partition coefficient (Wildman–Crippen LogP) is 0.855. The molecule has 2 heteroatoms. The number of piperidine rings is 1. The number of hydrogen-bond acceptors (Lipinski definition) is 1. The molecule has 1 fully saturated rings. The highest BCUT2D eigenvalue weighted by Gasteiger charge is 2.46. The normalized spacial score (nSPS) is 44.0. The van der Waals surface area contributed by atoms with E-state index in [-0.39, 0.29) is 5.92 Å². The van der Waals surface area contributed by atoms with Gasteiger partial charge in [0.15, 0.2) is 0 Å². The quantitative estimate of drug-likeness (QED) is 0.435. The first kappa shape index (κ1) is 10.6. The van der Waals surface area contributed by atoms with Crippen molar-refractivity contribution >= 4 is 0 Å². The van der Waals surface area contributed by atoms with Crippen molar-refractivity contribution in [1.29, 1.82) is 0 Å². The van der Waals surface area contributed by atoms with Gasteiger partial charge in [-0.25, -0.2) is 0 Å². The summed E-state index contributed by atoms with van der Waals surface area (Å²) in [7, 11) is 4.38. The third kappa shape index (κ3) is 1.72. The summed E-state index contributed by atoms with van der Waals surface area (Å²) in [5, 5.41) is 10.1. The molecule has 0 aliphatic carbocycles. The van der Waals surface area contributed by atoms with Crippen LogP contribution in [0.25, 0.3) is 0 Å². The van der Waals surface area contributed by atoms with E-state index in [9.17, 15) is 5.11 Å². The smallest absolute Gasteiger partial charge is 0.138 e. The number of rotatable bonds is 0. The Morgan fingerprint density at radius 2 is 2.00 bits per heavy atom. The Kier molecular flexibility index (Phi) is 2.44. The van der Waals surface area contributed by atoms with Gasteiger partial charge in [-0.15, -0.1) is 6.42 Å². The van der Waals surface area contributed by atoms with Crippen LogP contribution in [0.2, 0.25) is 0 Å². The summed E-state index contributed by atoms with van der Waals surface area (Å²) in [6.07, 6.45) is 6.08. The zero-order valence-corrected chi connectivity index (χ0v) is 9.04. The largest absolute Gasteiger partial charge is 0.377 e. The Morgan fingerprint density at radius 3 is 2.46 bits per heavy atom. The molecule has 0 unspecified atom stereocenters. The summed E-state index contributed by atoms with van der Waals surface area (Å²) in [4.78, 5) is 0. The molecular weight excluding hydrogens is 162 g/mol. The van der Waals surface area contributed by atoms with Crippen LogP contribution >= 0.6 is 0 Å². The van der Waals surface area contributed by atoms with Gasteiger partial charge in [0, 0.05) is 12.3 Å². The maximum Gasteiger partial charge on any atom is 0.138 e. The van der Waals surface area contributed by atoms with Gasteiger partial charge in [-0.2, -0.15) is 0 Å². The minimum absolute atomic E-state index is 0.184. The SMILES string of the molecule is C#C[C@]1(O)C[C@H](C)[N+](C)(C)C[C@@H]1C. The standard InChI is InChI=1S/C11H20NO/c1-6-11(13)7-10(3)12(4,5)8-9(11)2/h1,9-10,13H,7-8H2,2-5H3/q+1/t9-,10-,11-/m0/s1. The topological polar surface area (TPSA) is 20.2 Å². The number of hydrogen-bond donors (Lipinski definition) is 1. The molecule has 13 heavy (non-hydrogen) atoms. The van der Waals surface area contributed by atoms with Crippen LogP contribution in [0.3, 0.4) is 0 Å². The Balaban J connectivity index is 2.87. The van der Waals surface area contributed by atoms with Crippen molar-refractivity contribution in [2.24, 2.45) is 5.92 Å². The lowest BCUT2D eigenvalue weighted by atomic mass is 9.79. The first-order chi connectivity index (χ1) is 5.82. The summed E-state index contributed by atoms with van der Waals surface area (Å²) < 4.78 is 0.950. The van der Waals surface area contributed by atoms with E-state index in [0.29, 0.717) is 12.5 Å². The van der Waals surface area contributed by atoms with Gasteiger partial charge in [-0.3, -0.25) is 0 Å². The van der Waals surface area contributed by atoms with Crippen molar-refractivity contribution in [3.8, 4) is 12.3 Å². The van der Waals surface area contributed by atoms with Crippen LogP contribution in [0.15, 0.2) is 0 Å². The molecule has 74 valence electrons. The fourth-order valence-corrected chi connectivity index (χ4v) is 2.14. The highest BCUT2D eigenvalue weighted by molar-refractivity contribution is 5.11. The minimum Gasteiger partial charge on any atom is -0.377 e. The van der Waals surface area contributed by atoms with E-state index in [4.69, 9.17) is 6.42 Å². The molecule has 0 bridgehead atoms. The zero-order valence-electron chi connectivity index (χ0n) is 9.04. The minimum atomic E-state index is -0.882. The molecule has 0 radical (unpaired) electrons. The molecule has 3 atom stereocenters. The van der Waals surface area contributed by atoms with Crippen molar-refractivity contribution in [2.75, 3.05) is 20.6 Å². The molecule has 0 spiro atoms. The third-order valence-corrected chi connectivity index (χ3v) is 3.61. The van der Waals surface area contributed by atoms with Crippen LogP contribution in [-0.2, 0) is 0 Å². The summed E-state index contributed by atoms with van der Waals surface area (Å²) in [6.45, 7) is 5.13. The number of aliphatic hydroxyl groups is 1. The number of likely N-dealkylation sites (tertiary alicyclic amines) is 1. The van der Waals surface area contributed by atoms with Gasteiger partial charge in [-0.05, 0) is 6.92 Å². The molecule has 1 rings (SSSR count). The van der Waals surface area contributed by atoms with E-state index < -0.39 is 5.60 Å². The molecule has 1 aliphatic rings.